The molecule has 0 saturated carbocycles. The number of methoxy groups -OCH3 is 1. The van der Waals surface area contributed by atoms with Crippen molar-refractivity contribution in [2.45, 2.75) is 26.3 Å². The van der Waals surface area contributed by atoms with E-state index < -0.39 is 0 Å². The van der Waals surface area contributed by atoms with Crippen LogP contribution in [0.25, 0.3) is 11.3 Å². The fourth-order valence-electron chi connectivity index (χ4n) is 2.44. The smallest absolute Gasteiger partial charge is 0.147 e. The summed E-state index contributed by atoms with van der Waals surface area (Å²) in [6.07, 6.45) is 2.49. The van der Waals surface area contributed by atoms with E-state index in [0.29, 0.717) is 6.42 Å². The number of aryl methyl sites for hydroxylation is 1. The van der Waals surface area contributed by atoms with Gasteiger partial charge in [-0.25, -0.2) is 0 Å². The first-order chi connectivity index (χ1) is 10.5. The highest BCUT2D eigenvalue weighted by molar-refractivity contribution is 5.81. The number of likely N-dealkylation sites (N-methyl/N-ethyl adjacent to an activating group) is 1. The van der Waals surface area contributed by atoms with E-state index in [-0.39, 0.29) is 11.8 Å². The molecule has 0 aliphatic heterocycles. The summed E-state index contributed by atoms with van der Waals surface area (Å²) < 4.78 is 5.22. The molecule has 0 radical (unpaired) electrons. The van der Waals surface area contributed by atoms with Crippen LogP contribution in [0.2, 0.25) is 0 Å². The summed E-state index contributed by atoms with van der Waals surface area (Å²) in [5.74, 6) is 0.980. The Morgan fingerprint density at radius 2 is 2.09 bits per heavy atom. The van der Waals surface area contributed by atoms with Crippen LogP contribution < -0.4 is 10.1 Å². The van der Waals surface area contributed by atoms with Gasteiger partial charge in [0.1, 0.15) is 11.5 Å². The zero-order valence-corrected chi connectivity index (χ0v) is 13.5. The maximum atomic E-state index is 11.5. The van der Waals surface area contributed by atoms with E-state index in [4.69, 9.17) is 4.74 Å². The summed E-state index contributed by atoms with van der Waals surface area (Å²) in [5, 5.41) is 3.03. The first-order valence-electron chi connectivity index (χ1n) is 7.32. The van der Waals surface area contributed by atoms with Gasteiger partial charge in [-0.05, 0) is 62.7 Å². The molecule has 0 fully saturated rings. The highest BCUT2D eigenvalue weighted by Crippen LogP contribution is 2.25. The van der Waals surface area contributed by atoms with Crippen LogP contribution in [0.1, 0.15) is 18.1 Å². The Kier molecular flexibility index (Phi) is 5.28. The molecular formula is C18H22N2O2. The second-order valence-corrected chi connectivity index (χ2v) is 5.39. The third-order valence-electron chi connectivity index (χ3n) is 3.81. The number of ether oxygens (including phenoxy) is 1. The first kappa shape index (κ1) is 16.2. The second kappa shape index (κ2) is 7.18. The lowest BCUT2D eigenvalue weighted by Gasteiger charge is -2.13. The Labute approximate surface area is 131 Å². The van der Waals surface area contributed by atoms with Crippen LogP contribution in [-0.2, 0) is 11.2 Å². The van der Waals surface area contributed by atoms with Gasteiger partial charge in [-0.1, -0.05) is 6.07 Å². The molecule has 0 bridgehead atoms. The van der Waals surface area contributed by atoms with Gasteiger partial charge in [-0.2, -0.15) is 0 Å². The second-order valence-electron chi connectivity index (χ2n) is 5.39. The SMILES string of the molecule is CN[C@@H](Cc1ccc(-c2ccc(OC)cc2C)nc1)C(C)=O. The lowest BCUT2D eigenvalue weighted by Crippen LogP contribution is -2.34. The molecule has 1 heterocycles. The molecule has 1 atom stereocenters. The molecule has 0 saturated heterocycles. The number of hydrogen-bond donors (Lipinski definition) is 1. The highest BCUT2D eigenvalue weighted by atomic mass is 16.5. The zero-order valence-electron chi connectivity index (χ0n) is 13.5. The van der Waals surface area contributed by atoms with Crippen LogP contribution in [0, 0.1) is 6.92 Å². The molecule has 1 N–H and O–H groups in total. The fraction of sp³-hybridized carbons (Fsp3) is 0.333. The van der Waals surface area contributed by atoms with Gasteiger partial charge in [0.15, 0.2) is 0 Å². The summed E-state index contributed by atoms with van der Waals surface area (Å²) in [6, 6.07) is 9.82. The number of nitrogens with one attached hydrogen (secondary N) is 1. The molecule has 0 aliphatic rings. The third kappa shape index (κ3) is 3.71. The third-order valence-corrected chi connectivity index (χ3v) is 3.81. The van der Waals surface area contributed by atoms with E-state index >= 15 is 0 Å². The van der Waals surface area contributed by atoms with Crippen molar-refractivity contribution in [1.82, 2.24) is 10.3 Å². The highest BCUT2D eigenvalue weighted by Gasteiger charge is 2.12. The minimum Gasteiger partial charge on any atom is -0.497 e. The Hall–Kier alpha value is -2.20. The molecule has 0 aliphatic carbocycles. The monoisotopic (exact) mass is 298 g/mol. The van der Waals surface area contributed by atoms with E-state index in [9.17, 15) is 4.79 Å². The summed E-state index contributed by atoms with van der Waals surface area (Å²) >= 11 is 0. The summed E-state index contributed by atoms with van der Waals surface area (Å²) in [7, 11) is 3.46. The average molecular weight is 298 g/mol. The van der Waals surface area contributed by atoms with E-state index in [1.807, 2.05) is 43.5 Å². The van der Waals surface area contributed by atoms with Crippen molar-refractivity contribution in [2.75, 3.05) is 14.2 Å². The molecule has 1 aromatic heterocycles. The van der Waals surface area contributed by atoms with Crippen molar-refractivity contribution in [3.63, 3.8) is 0 Å². The minimum atomic E-state index is -0.157. The molecule has 116 valence electrons. The standard InChI is InChI=1S/C18H22N2O2/c1-12-9-15(22-4)6-7-16(12)17-8-5-14(11-20-17)10-18(19-3)13(2)21/h5-9,11,18-19H,10H2,1-4H3/t18-/m0/s1. The predicted molar refractivity (Wildman–Crippen MR) is 88.2 cm³/mol. The number of ketones is 1. The molecule has 22 heavy (non-hydrogen) atoms. The van der Waals surface area contributed by atoms with Gasteiger partial charge in [0.2, 0.25) is 0 Å². The molecule has 0 unspecified atom stereocenters. The topological polar surface area (TPSA) is 51.2 Å². The van der Waals surface area contributed by atoms with Gasteiger partial charge in [0.25, 0.3) is 0 Å². The molecule has 4 heteroatoms. The lowest BCUT2D eigenvalue weighted by molar-refractivity contribution is -0.118. The Morgan fingerprint density at radius 3 is 2.59 bits per heavy atom. The number of carbonyl (C=O) groups is 1. The summed E-state index contributed by atoms with van der Waals surface area (Å²) in [5.41, 5.74) is 4.18. The molecule has 0 amide bonds. The number of aromatic nitrogens is 1. The fourth-order valence-corrected chi connectivity index (χ4v) is 2.44. The van der Waals surface area contributed by atoms with Crippen LogP contribution in [0.4, 0.5) is 0 Å². The lowest BCUT2D eigenvalue weighted by atomic mass is 10.0. The number of nitrogens with zero attached hydrogens (tertiary/aromatic N) is 1. The van der Waals surface area contributed by atoms with Gasteiger partial charge < -0.3 is 10.1 Å². The number of rotatable bonds is 6. The Bertz CT molecular complexity index is 651. The maximum Gasteiger partial charge on any atom is 0.147 e. The van der Waals surface area contributed by atoms with Crippen molar-refractivity contribution < 1.29 is 9.53 Å². The minimum absolute atomic E-state index is 0.137. The van der Waals surface area contributed by atoms with E-state index in [2.05, 4.69) is 10.3 Å². The van der Waals surface area contributed by atoms with Crippen LogP contribution in [0.5, 0.6) is 5.75 Å². The first-order valence-corrected chi connectivity index (χ1v) is 7.32. The van der Waals surface area contributed by atoms with Crippen LogP contribution in [0.15, 0.2) is 36.5 Å². The largest absolute Gasteiger partial charge is 0.497 e. The van der Waals surface area contributed by atoms with Crippen molar-refractivity contribution >= 4 is 5.78 Å². The van der Waals surface area contributed by atoms with E-state index in [1.54, 1.807) is 21.1 Å². The molecule has 2 aromatic rings. The Morgan fingerprint density at radius 1 is 1.32 bits per heavy atom. The Balaban J connectivity index is 2.20. The number of benzene rings is 1. The van der Waals surface area contributed by atoms with Gasteiger partial charge >= 0.3 is 0 Å². The van der Waals surface area contributed by atoms with Crippen LogP contribution >= 0.6 is 0 Å². The van der Waals surface area contributed by atoms with Gasteiger partial charge in [-0.15, -0.1) is 0 Å². The number of carbonyl (C=O) groups excluding carboxylic acids is 1. The van der Waals surface area contributed by atoms with Gasteiger partial charge in [0, 0.05) is 11.8 Å². The number of pyridine rings is 1. The molecule has 2 rings (SSSR count). The van der Waals surface area contributed by atoms with E-state index in [0.717, 1.165) is 28.1 Å². The molecular weight excluding hydrogens is 276 g/mol. The zero-order chi connectivity index (χ0) is 16.1. The van der Waals surface area contributed by atoms with Crippen molar-refractivity contribution in [2.24, 2.45) is 0 Å². The normalized spacial score (nSPS) is 12.0. The summed E-state index contributed by atoms with van der Waals surface area (Å²) in [4.78, 5) is 16.0. The molecule has 4 nitrogen and oxygen atoms in total. The molecule has 1 aromatic carbocycles. The van der Waals surface area contributed by atoms with Crippen molar-refractivity contribution in [1.29, 1.82) is 0 Å². The number of hydrogen-bond acceptors (Lipinski definition) is 4. The maximum absolute atomic E-state index is 11.5. The van der Waals surface area contributed by atoms with E-state index in [1.165, 1.54) is 0 Å². The average Bonchev–Trinajstić information content (AvgIpc) is 2.53. The predicted octanol–water partition coefficient (Wildman–Crippen LogP) is 2.79. The van der Waals surface area contributed by atoms with Crippen molar-refractivity contribution in [3.05, 3.63) is 47.7 Å². The van der Waals surface area contributed by atoms with Gasteiger partial charge in [0.05, 0.1) is 18.8 Å². The molecule has 0 spiro atoms. The quantitative estimate of drug-likeness (QED) is 0.891. The van der Waals surface area contributed by atoms with Crippen LogP contribution in [0.3, 0.4) is 0 Å². The van der Waals surface area contributed by atoms with Crippen molar-refractivity contribution in [3.8, 4) is 17.0 Å². The van der Waals surface area contributed by atoms with Crippen LogP contribution in [-0.4, -0.2) is 31.0 Å². The number of Topliss-reactive ketones (excluding diaryl/α,β-unsaturated/α-hetero) is 1. The summed E-state index contributed by atoms with van der Waals surface area (Å²) in [6.45, 7) is 3.64. The van der Waals surface area contributed by atoms with Gasteiger partial charge in [-0.3, -0.25) is 9.78 Å².